The fraction of sp³-hybridized carbons (Fsp3) is 0. The van der Waals surface area contributed by atoms with Crippen molar-refractivity contribution in [1.29, 1.82) is 0 Å². The average Bonchev–Trinajstić information content (AvgIpc) is 3.54. The number of aromatic nitrogens is 5. The van der Waals surface area contributed by atoms with Crippen LogP contribution in [0.3, 0.4) is 0 Å². The van der Waals surface area contributed by atoms with E-state index in [1.165, 1.54) is 22.4 Å². The number of fused-ring (bicyclic) bond motifs is 2. The minimum absolute atomic E-state index is 0.124. The molecular weight excluding hydrogens is 496 g/mol. The SMILES string of the molecule is Nc1cc(-c2cnc3c(cnn3S(=O)(=O)c3ccccc3)c2)cc2c1cnn2S(=O)c1ccccc1. The van der Waals surface area contributed by atoms with Gasteiger partial charge in [0.25, 0.3) is 10.0 Å². The first-order valence-electron chi connectivity index (χ1n) is 10.8. The third-order valence-electron chi connectivity index (χ3n) is 5.77. The minimum Gasteiger partial charge on any atom is -0.398 e. The molecule has 3 heterocycles. The Morgan fingerprint density at radius 2 is 1.53 bits per heavy atom. The van der Waals surface area contributed by atoms with E-state index in [1.807, 2.05) is 24.3 Å². The molecule has 11 heteroatoms. The second kappa shape index (κ2) is 8.40. The summed E-state index contributed by atoms with van der Waals surface area (Å²) in [7, 11) is -5.45. The Hall–Kier alpha value is -4.35. The van der Waals surface area contributed by atoms with Crippen LogP contribution in [0.4, 0.5) is 5.69 Å². The van der Waals surface area contributed by atoms with E-state index in [2.05, 4.69) is 15.2 Å². The maximum Gasteiger partial charge on any atom is 0.284 e. The van der Waals surface area contributed by atoms with Gasteiger partial charge in [-0.25, -0.2) is 9.19 Å². The molecule has 0 spiro atoms. The third-order valence-corrected chi connectivity index (χ3v) is 8.64. The molecule has 3 aromatic carbocycles. The van der Waals surface area contributed by atoms with Crippen molar-refractivity contribution in [3.8, 4) is 11.1 Å². The van der Waals surface area contributed by atoms with Crippen LogP contribution in [0.25, 0.3) is 33.1 Å². The molecule has 178 valence electrons. The molecule has 0 saturated heterocycles. The zero-order valence-electron chi connectivity index (χ0n) is 18.6. The highest BCUT2D eigenvalue weighted by atomic mass is 32.2. The van der Waals surface area contributed by atoms with Gasteiger partial charge in [0, 0.05) is 28.2 Å². The zero-order valence-corrected chi connectivity index (χ0v) is 20.2. The Bertz CT molecular complexity index is 1880. The predicted octanol–water partition coefficient (Wildman–Crippen LogP) is 3.84. The Kier molecular flexibility index (Phi) is 5.16. The highest BCUT2D eigenvalue weighted by molar-refractivity contribution is 7.90. The molecule has 0 amide bonds. The Labute approximate surface area is 208 Å². The summed E-state index contributed by atoms with van der Waals surface area (Å²) >= 11 is 0. The van der Waals surface area contributed by atoms with Gasteiger partial charge in [-0.05, 0) is 48.0 Å². The first-order chi connectivity index (χ1) is 17.4. The fourth-order valence-corrected chi connectivity index (χ4v) is 6.30. The third kappa shape index (κ3) is 3.56. The summed E-state index contributed by atoms with van der Waals surface area (Å²) in [5.41, 5.74) is 9.03. The van der Waals surface area contributed by atoms with Crippen LogP contribution in [-0.4, -0.2) is 36.0 Å². The number of benzene rings is 3. The standard InChI is InChI=1S/C25H18N6O3S2/c26-23-12-17(13-24-22(23)16-28-30(24)35(32)20-7-3-1-4-8-20)18-11-19-15-29-31(25(19)27-14-18)36(33,34)21-9-5-2-6-10-21/h1-16H,26H2. The number of hydrogen-bond donors (Lipinski definition) is 1. The van der Waals surface area contributed by atoms with E-state index < -0.39 is 21.0 Å². The number of nitrogens with two attached hydrogens (primary N) is 1. The maximum atomic E-state index is 13.2. The number of hydrogen-bond acceptors (Lipinski definition) is 7. The highest BCUT2D eigenvalue weighted by Crippen LogP contribution is 2.31. The van der Waals surface area contributed by atoms with Crippen LogP contribution in [0.2, 0.25) is 0 Å². The number of nitrogen functional groups attached to an aromatic ring is 1. The first-order valence-corrected chi connectivity index (χ1v) is 13.4. The van der Waals surface area contributed by atoms with Gasteiger partial charge in [-0.1, -0.05) is 36.4 Å². The highest BCUT2D eigenvalue weighted by Gasteiger charge is 2.21. The first kappa shape index (κ1) is 22.1. The Morgan fingerprint density at radius 1 is 0.806 bits per heavy atom. The van der Waals surface area contributed by atoms with E-state index in [1.54, 1.807) is 54.9 Å². The molecule has 3 aromatic heterocycles. The number of rotatable bonds is 5. The van der Waals surface area contributed by atoms with Crippen molar-refractivity contribution in [3.63, 3.8) is 0 Å². The lowest BCUT2D eigenvalue weighted by molar-refractivity contribution is 0.582. The van der Waals surface area contributed by atoms with Crippen LogP contribution >= 0.6 is 0 Å². The molecule has 0 aliphatic heterocycles. The summed E-state index contributed by atoms with van der Waals surface area (Å²) in [5, 5.41) is 9.64. The molecule has 6 rings (SSSR count). The summed E-state index contributed by atoms with van der Waals surface area (Å²) in [6.45, 7) is 0. The topological polar surface area (TPSA) is 126 Å². The van der Waals surface area contributed by atoms with Gasteiger partial charge in [0.1, 0.15) is 0 Å². The van der Waals surface area contributed by atoms with E-state index >= 15 is 0 Å². The molecule has 0 bridgehead atoms. The summed E-state index contributed by atoms with van der Waals surface area (Å²) < 4.78 is 41.6. The molecule has 9 nitrogen and oxygen atoms in total. The van der Waals surface area contributed by atoms with Gasteiger partial charge in [0.2, 0.25) is 0 Å². The molecule has 6 aromatic rings. The van der Waals surface area contributed by atoms with Gasteiger partial charge >= 0.3 is 0 Å². The van der Waals surface area contributed by atoms with Crippen LogP contribution < -0.4 is 5.73 Å². The normalized spacial score (nSPS) is 12.8. The van der Waals surface area contributed by atoms with Crippen LogP contribution in [-0.2, 0) is 21.0 Å². The summed E-state index contributed by atoms with van der Waals surface area (Å²) in [4.78, 5) is 5.15. The smallest absolute Gasteiger partial charge is 0.284 e. The van der Waals surface area contributed by atoms with Crippen molar-refractivity contribution >= 4 is 48.6 Å². The zero-order chi connectivity index (χ0) is 24.9. The Morgan fingerprint density at radius 3 is 2.28 bits per heavy atom. The van der Waals surface area contributed by atoms with Gasteiger partial charge in [-0.2, -0.15) is 22.7 Å². The van der Waals surface area contributed by atoms with Crippen LogP contribution in [0.1, 0.15) is 0 Å². The number of nitrogens with zero attached hydrogens (tertiary/aromatic N) is 5. The van der Waals surface area contributed by atoms with Crippen molar-refractivity contribution in [3.05, 3.63) is 97.5 Å². The van der Waals surface area contributed by atoms with Crippen molar-refractivity contribution in [2.45, 2.75) is 9.79 Å². The van der Waals surface area contributed by atoms with Crippen LogP contribution in [0.5, 0.6) is 0 Å². The van der Waals surface area contributed by atoms with Crippen molar-refractivity contribution in [2.24, 2.45) is 0 Å². The predicted molar refractivity (Wildman–Crippen MR) is 138 cm³/mol. The molecule has 36 heavy (non-hydrogen) atoms. The minimum atomic E-state index is -3.89. The largest absolute Gasteiger partial charge is 0.398 e. The van der Waals surface area contributed by atoms with Crippen molar-refractivity contribution in [1.82, 2.24) is 23.4 Å². The lowest BCUT2D eigenvalue weighted by Crippen LogP contribution is -2.14. The number of pyridine rings is 1. The van der Waals surface area contributed by atoms with E-state index in [-0.39, 0.29) is 10.5 Å². The summed E-state index contributed by atoms with van der Waals surface area (Å²) in [6, 6.07) is 22.5. The van der Waals surface area contributed by atoms with Gasteiger partial charge in [-0.15, -0.1) is 4.09 Å². The van der Waals surface area contributed by atoms with Gasteiger partial charge in [-0.3, -0.25) is 0 Å². The van der Waals surface area contributed by atoms with Crippen molar-refractivity contribution < 1.29 is 12.6 Å². The summed E-state index contributed by atoms with van der Waals surface area (Å²) in [5.74, 6) is 0. The molecule has 1 atom stereocenters. The summed E-state index contributed by atoms with van der Waals surface area (Å²) in [6.07, 6.45) is 4.62. The van der Waals surface area contributed by atoms with E-state index in [0.717, 1.165) is 9.65 Å². The molecule has 0 fully saturated rings. The molecule has 1 unspecified atom stereocenters. The maximum absolute atomic E-state index is 13.2. The van der Waals surface area contributed by atoms with Crippen molar-refractivity contribution in [2.75, 3.05) is 5.73 Å². The van der Waals surface area contributed by atoms with E-state index in [4.69, 9.17) is 5.73 Å². The molecular formula is C25H18N6O3S2. The lowest BCUT2D eigenvalue weighted by Gasteiger charge is -2.08. The number of anilines is 1. The molecule has 2 N–H and O–H groups in total. The molecule has 0 saturated carbocycles. The average molecular weight is 515 g/mol. The van der Waals surface area contributed by atoms with Crippen LogP contribution in [0.15, 0.2) is 107 Å². The van der Waals surface area contributed by atoms with Gasteiger partial charge in [0.05, 0.1) is 27.7 Å². The Balaban J connectivity index is 1.44. The van der Waals surface area contributed by atoms with Gasteiger partial charge in [0.15, 0.2) is 16.6 Å². The second-order valence-electron chi connectivity index (χ2n) is 8.02. The molecule has 0 aliphatic carbocycles. The quantitative estimate of drug-likeness (QED) is 0.347. The van der Waals surface area contributed by atoms with E-state index in [0.29, 0.717) is 32.4 Å². The lowest BCUT2D eigenvalue weighted by atomic mass is 10.0. The van der Waals surface area contributed by atoms with Gasteiger partial charge < -0.3 is 5.73 Å². The fourth-order valence-electron chi connectivity index (χ4n) is 3.99. The molecule has 0 aliphatic rings. The van der Waals surface area contributed by atoms with Crippen LogP contribution in [0, 0.1) is 0 Å². The molecule has 0 radical (unpaired) electrons. The second-order valence-corrected chi connectivity index (χ2v) is 11.1. The van der Waals surface area contributed by atoms with E-state index in [9.17, 15) is 12.6 Å². The monoisotopic (exact) mass is 514 g/mol.